The fraction of sp³-hybridized carbons (Fsp3) is 0.600. The van der Waals surface area contributed by atoms with E-state index in [0.29, 0.717) is 32.4 Å². The van der Waals surface area contributed by atoms with Gasteiger partial charge in [0.15, 0.2) is 0 Å². The number of sulfonamides is 2. The summed E-state index contributed by atoms with van der Waals surface area (Å²) in [5, 5.41) is 0. The Balaban J connectivity index is 1.92. The molecule has 24 heavy (non-hydrogen) atoms. The number of benzene rings is 1. The third-order valence-electron chi connectivity index (χ3n) is 4.90. The van der Waals surface area contributed by atoms with E-state index in [2.05, 4.69) is 0 Å². The number of hydrogen-bond donors (Lipinski definition) is 0. The molecule has 2 fully saturated rings. The number of rotatable bonds is 3. The Morgan fingerprint density at radius 3 is 2.17 bits per heavy atom. The van der Waals surface area contributed by atoms with Gasteiger partial charge >= 0.3 is 0 Å². The second-order valence-electron chi connectivity index (χ2n) is 6.56. The molecule has 0 N–H and O–H groups in total. The van der Waals surface area contributed by atoms with Crippen molar-refractivity contribution in [1.29, 1.82) is 0 Å². The predicted octanol–water partition coefficient (Wildman–Crippen LogP) is 1.40. The minimum atomic E-state index is -3.77. The molecule has 6 nitrogen and oxygen atoms in total. The zero-order chi connectivity index (χ0) is 17.6. The fourth-order valence-electron chi connectivity index (χ4n) is 3.87. The molecular formula is C15H21FN2O4S2. The Morgan fingerprint density at radius 2 is 1.58 bits per heavy atom. The van der Waals surface area contributed by atoms with Crippen LogP contribution in [0, 0.1) is 5.82 Å². The number of hydrogen-bond acceptors (Lipinski definition) is 4. The molecule has 9 heteroatoms. The van der Waals surface area contributed by atoms with Crippen molar-refractivity contribution in [1.82, 2.24) is 8.61 Å². The lowest BCUT2D eigenvalue weighted by atomic mass is 9.89. The van der Waals surface area contributed by atoms with Crippen LogP contribution in [0.1, 0.15) is 25.7 Å². The van der Waals surface area contributed by atoms with Crippen LogP contribution in [0.5, 0.6) is 0 Å². The van der Waals surface area contributed by atoms with Crippen molar-refractivity contribution < 1.29 is 21.2 Å². The number of nitrogens with zero attached hydrogens (tertiary/aromatic N) is 2. The molecule has 1 atom stereocenters. The Labute approximate surface area is 142 Å². The normalized spacial score (nSPS) is 26.9. The molecule has 2 saturated heterocycles. The summed E-state index contributed by atoms with van der Waals surface area (Å²) in [4.78, 5) is 0.0323. The minimum absolute atomic E-state index is 0.0323. The molecule has 1 spiro atoms. The van der Waals surface area contributed by atoms with Crippen LogP contribution in [-0.2, 0) is 20.0 Å². The third-order valence-corrected chi connectivity index (χ3v) is 8.13. The maximum Gasteiger partial charge on any atom is 0.243 e. The molecule has 0 bridgehead atoms. The highest BCUT2D eigenvalue weighted by molar-refractivity contribution is 7.89. The van der Waals surface area contributed by atoms with Gasteiger partial charge in [-0.2, -0.15) is 8.61 Å². The SMILES string of the molecule is CS(=O)(=O)N1CCC[C@]12CCCN(S(=O)(=O)c1ccc(F)cc1)C2. The fourth-order valence-corrected chi connectivity index (χ4v) is 6.83. The average Bonchev–Trinajstić information content (AvgIpc) is 2.91. The number of piperidine rings is 1. The van der Waals surface area contributed by atoms with Gasteiger partial charge in [-0.15, -0.1) is 0 Å². The van der Waals surface area contributed by atoms with Gasteiger partial charge in [0.1, 0.15) is 5.82 Å². The van der Waals surface area contributed by atoms with Crippen LogP contribution in [0.2, 0.25) is 0 Å². The molecule has 0 aromatic heterocycles. The second-order valence-corrected chi connectivity index (χ2v) is 10.4. The van der Waals surface area contributed by atoms with Gasteiger partial charge in [0, 0.05) is 25.2 Å². The van der Waals surface area contributed by atoms with Crippen molar-refractivity contribution in [2.45, 2.75) is 36.1 Å². The van der Waals surface area contributed by atoms with Gasteiger partial charge < -0.3 is 0 Å². The molecule has 0 aliphatic carbocycles. The molecule has 0 amide bonds. The van der Waals surface area contributed by atoms with Gasteiger partial charge in [-0.1, -0.05) is 0 Å². The molecule has 1 aromatic carbocycles. The van der Waals surface area contributed by atoms with E-state index in [4.69, 9.17) is 0 Å². The van der Waals surface area contributed by atoms with Gasteiger partial charge in [0.05, 0.1) is 11.2 Å². The summed E-state index contributed by atoms with van der Waals surface area (Å²) in [6.45, 7) is 0.933. The van der Waals surface area contributed by atoms with Crippen LogP contribution < -0.4 is 0 Å². The van der Waals surface area contributed by atoms with Gasteiger partial charge in [-0.25, -0.2) is 21.2 Å². The second kappa shape index (κ2) is 6.05. The average molecular weight is 376 g/mol. The topological polar surface area (TPSA) is 74.8 Å². The first-order valence-corrected chi connectivity index (χ1v) is 11.2. The van der Waals surface area contributed by atoms with Crippen LogP contribution in [0.3, 0.4) is 0 Å². The first-order chi connectivity index (χ1) is 11.2. The summed E-state index contributed by atoms with van der Waals surface area (Å²) >= 11 is 0. The van der Waals surface area contributed by atoms with Crippen LogP contribution >= 0.6 is 0 Å². The summed E-state index contributed by atoms with van der Waals surface area (Å²) in [5.41, 5.74) is -0.654. The van der Waals surface area contributed by atoms with Gasteiger partial charge in [-0.05, 0) is 49.9 Å². The maximum absolute atomic E-state index is 13.1. The molecule has 0 unspecified atom stereocenters. The summed E-state index contributed by atoms with van der Waals surface area (Å²) in [7, 11) is -7.15. The highest BCUT2D eigenvalue weighted by Gasteiger charge is 2.49. The van der Waals surface area contributed by atoms with E-state index in [1.54, 1.807) is 0 Å². The van der Waals surface area contributed by atoms with Crippen molar-refractivity contribution in [2.24, 2.45) is 0 Å². The zero-order valence-corrected chi connectivity index (χ0v) is 15.1. The quantitative estimate of drug-likeness (QED) is 0.799. The van der Waals surface area contributed by atoms with Crippen molar-refractivity contribution in [3.05, 3.63) is 30.1 Å². The van der Waals surface area contributed by atoms with E-state index in [-0.39, 0.29) is 11.4 Å². The molecule has 2 heterocycles. The van der Waals surface area contributed by atoms with Gasteiger partial charge in [0.25, 0.3) is 0 Å². The van der Waals surface area contributed by atoms with E-state index in [9.17, 15) is 21.2 Å². The Hall–Kier alpha value is -1.03. The summed E-state index contributed by atoms with van der Waals surface area (Å²) < 4.78 is 65.7. The standard InChI is InChI=1S/C15H21FN2O4S2/c1-23(19,20)18-11-3-9-15(18)8-2-10-17(12-15)24(21,22)14-6-4-13(16)5-7-14/h4-7H,2-3,8-12H2,1H3/t15-/m0/s1. The smallest absolute Gasteiger partial charge is 0.212 e. The van der Waals surface area contributed by atoms with E-state index >= 15 is 0 Å². The molecule has 1 aromatic rings. The van der Waals surface area contributed by atoms with Crippen LogP contribution in [0.15, 0.2) is 29.2 Å². The monoisotopic (exact) mass is 376 g/mol. The minimum Gasteiger partial charge on any atom is -0.212 e. The molecule has 2 aliphatic heterocycles. The lowest BCUT2D eigenvalue weighted by Crippen LogP contribution is -2.58. The van der Waals surface area contributed by atoms with Crippen molar-refractivity contribution >= 4 is 20.0 Å². The lowest BCUT2D eigenvalue weighted by Gasteiger charge is -2.44. The number of halogens is 1. The predicted molar refractivity (Wildman–Crippen MR) is 87.9 cm³/mol. The molecule has 2 aliphatic rings. The van der Waals surface area contributed by atoms with Crippen LogP contribution in [0.4, 0.5) is 4.39 Å². The molecule has 134 valence electrons. The third kappa shape index (κ3) is 3.10. The molecule has 0 saturated carbocycles. The summed E-state index contributed by atoms with van der Waals surface area (Å²) in [6, 6.07) is 4.72. The largest absolute Gasteiger partial charge is 0.243 e. The first-order valence-electron chi connectivity index (χ1n) is 7.89. The highest BCUT2D eigenvalue weighted by atomic mass is 32.2. The van der Waals surface area contributed by atoms with Crippen molar-refractivity contribution in [3.8, 4) is 0 Å². The van der Waals surface area contributed by atoms with E-state index < -0.39 is 31.4 Å². The Morgan fingerprint density at radius 1 is 1.00 bits per heavy atom. The molecule has 0 radical (unpaired) electrons. The van der Waals surface area contributed by atoms with Crippen LogP contribution in [-0.4, -0.2) is 56.9 Å². The lowest BCUT2D eigenvalue weighted by molar-refractivity contribution is 0.138. The van der Waals surface area contributed by atoms with Crippen LogP contribution in [0.25, 0.3) is 0 Å². The zero-order valence-electron chi connectivity index (χ0n) is 13.5. The van der Waals surface area contributed by atoms with E-state index in [1.807, 2.05) is 0 Å². The maximum atomic E-state index is 13.1. The summed E-state index contributed by atoms with van der Waals surface area (Å²) in [5.74, 6) is -0.497. The van der Waals surface area contributed by atoms with Crippen molar-refractivity contribution in [2.75, 3.05) is 25.9 Å². The van der Waals surface area contributed by atoms with Crippen molar-refractivity contribution in [3.63, 3.8) is 0 Å². The van der Waals surface area contributed by atoms with Gasteiger partial charge in [0.2, 0.25) is 20.0 Å². The van der Waals surface area contributed by atoms with Gasteiger partial charge in [-0.3, -0.25) is 0 Å². The van der Waals surface area contributed by atoms with E-state index in [1.165, 1.54) is 27.0 Å². The highest BCUT2D eigenvalue weighted by Crippen LogP contribution is 2.40. The first kappa shape index (κ1) is 17.8. The van der Waals surface area contributed by atoms with E-state index in [0.717, 1.165) is 18.6 Å². The summed E-state index contributed by atoms with van der Waals surface area (Å²) in [6.07, 6.45) is 3.84. The Kier molecular flexibility index (Phi) is 4.48. The molecule has 3 rings (SSSR count). The molecular weight excluding hydrogens is 355 g/mol. The Bertz CT molecular complexity index is 824.